The Morgan fingerprint density at radius 3 is 2.72 bits per heavy atom. The van der Waals surface area contributed by atoms with Crippen LogP contribution in [0.25, 0.3) is 0 Å². The maximum absolute atomic E-state index is 12.7. The maximum atomic E-state index is 12.7. The Morgan fingerprint density at radius 2 is 2.03 bits per heavy atom. The van der Waals surface area contributed by atoms with Crippen LogP contribution in [-0.4, -0.2) is 23.7 Å². The topological polar surface area (TPSA) is 55.4 Å². The molecule has 0 fully saturated rings. The molecule has 1 aromatic heterocycles. The zero-order valence-electron chi connectivity index (χ0n) is 17.8. The van der Waals surface area contributed by atoms with E-state index in [0.29, 0.717) is 22.2 Å². The molecule has 156 valence electrons. The van der Waals surface area contributed by atoms with Gasteiger partial charge in [0.25, 0.3) is 0 Å². The normalized spacial score (nSPS) is 15.9. The Balaban J connectivity index is 1.75. The van der Waals surface area contributed by atoms with Gasteiger partial charge in [0.05, 0.1) is 17.4 Å². The van der Waals surface area contributed by atoms with Crippen LogP contribution in [0.3, 0.4) is 0 Å². The van der Waals surface area contributed by atoms with Crippen LogP contribution in [0.1, 0.15) is 59.1 Å². The van der Waals surface area contributed by atoms with Crippen molar-refractivity contribution in [2.75, 3.05) is 11.1 Å². The van der Waals surface area contributed by atoms with Gasteiger partial charge < -0.3 is 10.1 Å². The number of thiophene rings is 1. The fraction of sp³-hybridized carbons (Fsp3) is 0.478. The summed E-state index contributed by atoms with van der Waals surface area (Å²) in [6, 6.07) is 6.21. The molecule has 0 saturated carbocycles. The highest BCUT2D eigenvalue weighted by molar-refractivity contribution is 8.00. The van der Waals surface area contributed by atoms with E-state index in [4.69, 9.17) is 4.74 Å². The van der Waals surface area contributed by atoms with Crippen molar-refractivity contribution in [2.45, 2.75) is 64.9 Å². The molecule has 4 nitrogen and oxygen atoms in total. The van der Waals surface area contributed by atoms with E-state index < -0.39 is 0 Å². The van der Waals surface area contributed by atoms with Gasteiger partial charge in [-0.3, -0.25) is 4.79 Å². The molecule has 0 spiro atoms. The molecule has 3 rings (SSSR count). The summed E-state index contributed by atoms with van der Waals surface area (Å²) < 4.78 is 5.47. The highest BCUT2D eigenvalue weighted by Crippen LogP contribution is 2.40. The minimum atomic E-state index is -0.329. The molecule has 1 atom stereocenters. The number of nitrogens with one attached hydrogen (secondary N) is 1. The Bertz CT molecular complexity index is 917. The number of aryl methyl sites for hydroxylation is 2. The van der Waals surface area contributed by atoms with Crippen LogP contribution in [0.5, 0.6) is 0 Å². The molecule has 29 heavy (non-hydrogen) atoms. The zero-order valence-corrected chi connectivity index (χ0v) is 19.4. The number of fused-ring (bicyclic) bond motifs is 1. The van der Waals surface area contributed by atoms with Crippen molar-refractivity contribution < 1.29 is 14.3 Å². The summed E-state index contributed by atoms with van der Waals surface area (Å²) in [4.78, 5) is 27.7. The van der Waals surface area contributed by atoms with Crippen LogP contribution in [0.4, 0.5) is 5.00 Å². The SMILES string of the molecule is Cc1ccc(SCC(=O)Nc2sc3c(c2C(=O)OC(C)C)CCC(C)C3)cc1C. The minimum absolute atomic E-state index is 0.0986. The van der Waals surface area contributed by atoms with Crippen LogP contribution < -0.4 is 5.32 Å². The molecule has 1 aromatic carbocycles. The molecule has 1 N–H and O–H groups in total. The van der Waals surface area contributed by atoms with Crippen molar-refractivity contribution >= 4 is 40.0 Å². The van der Waals surface area contributed by atoms with E-state index in [2.05, 4.69) is 38.2 Å². The van der Waals surface area contributed by atoms with E-state index in [1.807, 2.05) is 19.9 Å². The third-order valence-corrected chi connectivity index (χ3v) is 7.32. The summed E-state index contributed by atoms with van der Waals surface area (Å²) in [5.74, 6) is 0.474. The molecule has 0 aliphatic heterocycles. The number of amides is 1. The zero-order chi connectivity index (χ0) is 21.1. The van der Waals surface area contributed by atoms with Crippen LogP contribution in [0.2, 0.25) is 0 Å². The summed E-state index contributed by atoms with van der Waals surface area (Å²) in [6.45, 7) is 10.1. The first-order valence-electron chi connectivity index (χ1n) is 10.1. The molecule has 1 aliphatic carbocycles. The number of esters is 1. The first-order chi connectivity index (χ1) is 13.7. The number of thioether (sulfide) groups is 1. The van der Waals surface area contributed by atoms with Crippen molar-refractivity contribution in [1.82, 2.24) is 0 Å². The number of benzene rings is 1. The second-order valence-electron chi connectivity index (χ2n) is 8.09. The van der Waals surface area contributed by atoms with Crippen molar-refractivity contribution in [3.8, 4) is 0 Å². The fourth-order valence-corrected chi connectivity index (χ4v) is 5.65. The molecule has 1 heterocycles. The molecular formula is C23H29NO3S2. The van der Waals surface area contributed by atoms with E-state index >= 15 is 0 Å². The van der Waals surface area contributed by atoms with Crippen LogP contribution in [0.15, 0.2) is 23.1 Å². The van der Waals surface area contributed by atoms with Gasteiger partial charge in [-0.25, -0.2) is 4.79 Å². The summed E-state index contributed by atoms with van der Waals surface area (Å²) in [6.07, 6.45) is 2.68. The number of carbonyl (C=O) groups is 2. The van der Waals surface area contributed by atoms with E-state index in [9.17, 15) is 9.59 Å². The maximum Gasteiger partial charge on any atom is 0.341 e. The third-order valence-electron chi connectivity index (χ3n) is 5.16. The van der Waals surface area contributed by atoms with Crippen LogP contribution in [0, 0.1) is 19.8 Å². The van der Waals surface area contributed by atoms with E-state index in [-0.39, 0.29) is 18.0 Å². The summed E-state index contributed by atoms with van der Waals surface area (Å²) in [5.41, 5.74) is 4.09. The quantitative estimate of drug-likeness (QED) is 0.465. The first kappa shape index (κ1) is 21.9. The highest BCUT2D eigenvalue weighted by Gasteiger charge is 2.29. The van der Waals surface area contributed by atoms with Crippen molar-refractivity contribution in [1.29, 1.82) is 0 Å². The average molecular weight is 432 g/mol. The highest BCUT2D eigenvalue weighted by atomic mass is 32.2. The molecule has 0 radical (unpaired) electrons. The number of rotatable bonds is 6. The van der Waals surface area contributed by atoms with Crippen LogP contribution in [-0.2, 0) is 22.4 Å². The van der Waals surface area contributed by atoms with Crippen molar-refractivity contribution in [3.05, 3.63) is 45.3 Å². The van der Waals surface area contributed by atoms with E-state index in [1.54, 1.807) is 0 Å². The Labute approximate surface area is 181 Å². The molecule has 0 bridgehead atoms. The lowest BCUT2D eigenvalue weighted by Crippen LogP contribution is -2.19. The third kappa shape index (κ3) is 5.43. The standard InChI is InChI=1S/C23H29NO3S2/c1-13(2)27-23(26)21-18-9-6-14(3)10-19(18)29-22(21)24-20(25)12-28-17-8-7-15(4)16(5)11-17/h7-8,11,13-14H,6,9-10,12H2,1-5H3,(H,24,25). The predicted molar refractivity (Wildman–Crippen MR) is 121 cm³/mol. The molecule has 1 aliphatic rings. The second kappa shape index (κ2) is 9.35. The van der Waals surface area contributed by atoms with Gasteiger partial charge in [-0.2, -0.15) is 0 Å². The van der Waals surface area contributed by atoms with Gasteiger partial charge in [-0.05, 0) is 81.7 Å². The lowest BCUT2D eigenvalue weighted by molar-refractivity contribution is -0.113. The lowest BCUT2D eigenvalue weighted by Gasteiger charge is -2.18. The smallest absolute Gasteiger partial charge is 0.341 e. The molecule has 0 saturated heterocycles. The second-order valence-corrected chi connectivity index (χ2v) is 10.2. The van der Waals surface area contributed by atoms with Crippen molar-refractivity contribution in [2.24, 2.45) is 5.92 Å². The average Bonchev–Trinajstić information content (AvgIpc) is 2.99. The van der Waals surface area contributed by atoms with Gasteiger partial charge in [-0.1, -0.05) is 13.0 Å². The monoisotopic (exact) mass is 431 g/mol. The Kier molecular flexibility index (Phi) is 7.06. The van der Waals surface area contributed by atoms with Crippen LogP contribution >= 0.6 is 23.1 Å². The number of hydrogen-bond acceptors (Lipinski definition) is 5. The van der Waals surface area contributed by atoms with Gasteiger partial charge in [-0.15, -0.1) is 23.1 Å². The summed E-state index contributed by atoms with van der Waals surface area (Å²) in [7, 11) is 0. The molecule has 6 heteroatoms. The lowest BCUT2D eigenvalue weighted by atomic mass is 9.88. The number of carbonyl (C=O) groups excluding carboxylic acids is 2. The molecule has 1 amide bonds. The summed E-state index contributed by atoms with van der Waals surface area (Å²) >= 11 is 3.04. The predicted octanol–water partition coefficient (Wildman–Crippen LogP) is 5.79. The Morgan fingerprint density at radius 1 is 1.28 bits per heavy atom. The van der Waals surface area contributed by atoms with Gasteiger partial charge >= 0.3 is 5.97 Å². The van der Waals surface area contributed by atoms with Gasteiger partial charge in [0.2, 0.25) is 5.91 Å². The fourth-order valence-electron chi connectivity index (χ4n) is 3.44. The minimum Gasteiger partial charge on any atom is -0.459 e. The Hall–Kier alpha value is -1.79. The molecule has 1 unspecified atom stereocenters. The molecular weight excluding hydrogens is 402 g/mol. The van der Waals surface area contributed by atoms with E-state index in [0.717, 1.165) is 29.7 Å². The summed E-state index contributed by atoms with van der Waals surface area (Å²) in [5, 5.41) is 3.63. The van der Waals surface area contributed by atoms with Gasteiger partial charge in [0.1, 0.15) is 5.00 Å². The van der Waals surface area contributed by atoms with Crippen molar-refractivity contribution in [3.63, 3.8) is 0 Å². The first-order valence-corrected chi connectivity index (χ1v) is 11.9. The van der Waals surface area contributed by atoms with Gasteiger partial charge in [0.15, 0.2) is 0 Å². The number of anilines is 1. The van der Waals surface area contributed by atoms with E-state index in [1.165, 1.54) is 39.1 Å². The molecule has 2 aromatic rings. The largest absolute Gasteiger partial charge is 0.459 e. The van der Waals surface area contributed by atoms with Gasteiger partial charge in [0, 0.05) is 9.77 Å². The number of hydrogen-bond donors (Lipinski definition) is 1. The number of ether oxygens (including phenoxy) is 1.